The van der Waals surface area contributed by atoms with Crippen LogP contribution < -0.4 is 0 Å². The van der Waals surface area contributed by atoms with Gasteiger partial charge in [0.15, 0.2) is 0 Å². The Morgan fingerprint density at radius 2 is 2.22 bits per heavy atom. The largest absolute Gasteiger partial charge is 0.468 e. The van der Waals surface area contributed by atoms with E-state index in [9.17, 15) is 8.42 Å². The molecule has 0 spiro atoms. The molecule has 0 amide bonds. The van der Waals surface area contributed by atoms with Gasteiger partial charge in [-0.15, -0.1) is 0 Å². The standard InChI is InChI=1S/C12H17NO4S/c14-18(15,10-5-8-16-9-10)13-6-1-3-11(13)12-4-2-7-17-12/h2,4,7,10-11H,1,3,5-6,8-9H2/t10-,11-/m1/s1. The molecule has 1 aromatic rings. The molecule has 0 radical (unpaired) electrons. The van der Waals surface area contributed by atoms with Crippen LogP contribution in [0.2, 0.25) is 0 Å². The molecule has 5 nitrogen and oxygen atoms in total. The molecule has 0 aromatic carbocycles. The van der Waals surface area contributed by atoms with Gasteiger partial charge in [0.25, 0.3) is 0 Å². The van der Waals surface area contributed by atoms with Crippen LogP contribution >= 0.6 is 0 Å². The van der Waals surface area contributed by atoms with Crippen molar-refractivity contribution in [3.63, 3.8) is 0 Å². The van der Waals surface area contributed by atoms with Crippen LogP contribution in [0.3, 0.4) is 0 Å². The number of rotatable bonds is 3. The van der Waals surface area contributed by atoms with Gasteiger partial charge >= 0.3 is 0 Å². The summed E-state index contributed by atoms with van der Waals surface area (Å²) in [6.45, 7) is 1.46. The van der Waals surface area contributed by atoms with Crippen molar-refractivity contribution in [1.82, 2.24) is 4.31 Å². The fourth-order valence-electron chi connectivity index (χ4n) is 2.75. The van der Waals surface area contributed by atoms with E-state index in [1.807, 2.05) is 6.07 Å². The van der Waals surface area contributed by atoms with Crippen LogP contribution in [0.1, 0.15) is 31.1 Å². The van der Waals surface area contributed by atoms with Crippen molar-refractivity contribution in [1.29, 1.82) is 0 Å². The van der Waals surface area contributed by atoms with Crippen LogP contribution in [0.25, 0.3) is 0 Å². The third-order valence-corrected chi connectivity index (χ3v) is 6.02. The normalized spacial score (nSPS) is 30.0. The van der Waals surface area contributed by atoms with Crippen molar-refractivity contribution < 1.29 is 17.6 Å². The van der Waals surface area contributed by atoms with E-state index in [1.165, 1.54) is 0 Å². The van der Waals surface area contributed by atoms with Gasteiger partial charge in [0.1, 0.15) is 11.0 Å². The fourth-order valence-corrected chi connectivity index (χ4v) is 4.74. The van der Waals surface area contributed by atoms with E-state index < -0.39 is 10.0 Å². The lowest BCUT2D eigenvalue weighted by Crippen LogP contribution is -2.38. The van der Waals surface area contributed by atoms with E-state index in [4.69, 9.17) is 9.15 Å². The van der Waals surface area contributed by atoms with Crippen molar-refractivity contribution in [3.05, 3.63) is 24.2 Å². The zero-order valence-corrected chi connectivity index (χ0v) is 10.9. The van der Waals surface area contributed by atoms with Gasteiger partial charge in [0.2, 0.25) is 10.0 Å². The van der Waals surface area contributed by atoms with E-state index in [2.05, 4.69) is 0 Å². The highest BCUT2D eigenvalue weighted by atomic mass is 32.2. The molecule has 2 aliphatic rings. The minimum Gasteiger partial charge on any atom is -0.468 e. The molecule has 2 aliphatic heterocycles. The summed E-state index contributed by atoms with van der Waals surface area (Å²) >= 11 is 0. The molecule has 2 atom stereocenters. The maximum Gasteiger partial charge on any atom is 0.220 e. The monoisotopic (exact) mass is 271 g/mol. The summed E-state index contributed by atoms with van der Waals surface area (Å²) in [5.74, 6) is 0.745. The van der Waals surface area contributed by atoms with Gasteiger partial charge in [0.05, 0.1) is 18.9 Å². The average molecular weight is 271 g/mol. The Bertz CT molecular complexity index is 490. The Morgan fingerprint density at radius 1 is 1.33 bits per heavy atom. The molecule has 6 heteroatoms. The smallest absolute Gasteiger partial charge is 0.220 e. The van der Waals surface area contributed by atoms with Gasteiger partial charge in [-0.2, -0.15) is 4.31 Å². The lowest BCUT2D eigenvalue weighted by atomic mass is 10.2. The first kappa shape index (κ1) is 12.2. The highest BCUT2D eigenvalue weighted by Gasteiger charge is 2.42. The van der Waals surface area contributed by atoms with E-state index in [0.717, 1.165) is 18.6 Å². The molecule has 18 heavy (non-hydrogen) atoms. The molecule has 0 bridgehead atoms. The highest BCUT2D eigenvalue weighted by Crippen LogP contribution is 2.36. The Labute approximate surface area is 107 Å². The second-order valence-corrected chi connectivity index (χ2v) is 6.98. The quantitative estimate of drug-likeness (QED) is 0.836. The molecule has 0 unspecified atom stereocenters. The van der Waals surface area contributed by atoms with Crippen LogP contribution in [-0.2, 0) is 14.8 Å². The van der Waals surface area contributed by atoms with Crippen molar-refractivity contribution in [3.8, 4) is 0 Å². The molecular formula is C12H17NO4S. The van der Waals surface area contributed by atoms with E-state index in [-0.39, 0.29) is 11.3 Å². The summed E-state index contributed by atoms with van der Waals surface area (Å²) in [7, 11) is -3.27. The molecule has 3 heterocycles. The predicted octanol–water partition coefficient (Wildman–Crippen LogP) is 1.54. The first-order valence-corrected chi connectivity index (χ1v) is 7.82. The molecule has 0 N–H and O–H groups in total. The van der Waals surface area contributed by atoms with Crippen molar-refractivity contribution in [2.75, 3.05) is 19.8 Å². The van der Waals surface area contributed by atoms with Gasteiger partial charge in [-0.1, -0.05) is 0 Å². The first-order chi connectivity index (χ1) is 8.69. The van der Waals surface area contributed by atoms with Crippen LogP contribution in [0.4, 0.5) is 0 Å². The summed E-state index contributed by atoms with van der Waals surface area (Å²) < 4.78 is 37.3. The summed E-state index contributed by atoms with van der Waals surface area (Å²) in [5, 5.41) is -0.381. The Morgan fingerprint density at radius 3 is 2.89 bits per heavy atom. The van der Waals surface area contributed by atoms with Crippen molar-refractivity contribution in [2.24, 2.45) is 0 Å². The predicted molar refractivity (Wildman–Crippen MR) is 65.5 cm³/mol. The summed E-state index contributed by atoms with van der Waals surface area (Å²) in [5.41, 5.74) is 0. The average Bonchev–Trinajstić information content (AvgIpc) is 3.11. The maximum atomic E-state index is 12.5. The fraction of sp³-hybridized carbons (Fsp3) is 0.667. The van der Waals surface area contributed by atoms with Crippen LogP contribution in [-0.4, -0.2) is 37.7 Å². The number of sulfonamides is 1. The molecule has 2 saturated heterocycles. The van der Waals surface area contributed by atoms with Crippen LogP contribution in [0.15, 0.2) is 22.8 Å². The number of nitrogens with zero attached hydrogens (tertiary/aromatic N) is 1. The second-order valence-electron chi connectivity index (χ2n) is 4.81. The third-order valence-electron chi connectivity index (χ3n) is 3.71. The molecular weight excluding hydrogens is 254 g/mol. The van der Waals surface area contributed by atoms with Gasteiger partial charge < -0.3 is 9.15 Å². The van der Waals surface area contributed by atoms with E-state index >= 15 is 0 Å². The summed E-state index contributed by atoms with van der Waals surface area (Å²) in [6, 6.07) is 3.52. The number of furan rings is 1. The van der Waals surface area contributed by atoms with Crippen molar-refractivity contribution >= 4 is 10.0 Å². The molecule has 0 aliphatic carbocycles. The SMILES string of the molecule is O=S(=O)([C@@H]1CCOC1)N1CCC[C@@H]1c1ccco1. The lowest BCUT2D eigenvalue weighted by Gasteiger charge is -2.25. The van der Waals surface area contributed by atoms with Crippen LogP contribution in [0, 0.1) is 0 Å². The molecule has 1 aromatic heterocycles. The Balaban J connectivity index is 1.86. The van der Waals surface area contributed by atoms with Gasteiger partial charge in [-0.05, 0) is 31.4 Å². The number of ether oxygens (including phenoxy) is 1. The van der Waals surface area contributed by atoms with Gasteiger partial charge in [-0.3, -0.25) is 0 Å². The Kier molecular flexibility index (Phi) is 3.17. The van der Waals surface area contributed by atoms with Crippen molar-refractivity contribution in [2.45, 2.75) is 30.6 Å². The molecule has 3 rings (SSSR count). The van der Waals surface area contributed by atoms with E-state index in [0.29, 0.717) is 26.2 Å². The maximum absolute atomic E-state index is 12.5. The van der Waals surface area contributed by atoms with Crippen LogP contribution in [0.5, 0.6) is 0 Å². The first-order valence-electron chi connectivity index (χ1n) is 6.31. The summed E-state index contributed by atoms with van der Waals surface area (Å²) in [4.78, 5) is 0. The zero-order valence-electron chi connectivity index (χ0n) is 10.1. The van der Waals surface area contributed by atoms with E-state index in [1.54, 1.807) is 16.6 Å². The van der Waals surface area contributed by atoms with Gasteiger partial charge in [0, 0.05) is 13.2 Å². The topological polar surface area (TPSA) is 59.8 Å². The van der Waals surface area contributed by atoms with Gasteiger partial charge in [-0.25, -0.2) is 8.42 Å². The molecule has 2 fully saturated rings. The minimum absolute atomic E-state index is 0.134. The summed E-state index contributed by atoms with van der Waals surface area (Å²) in [6.07, 6.45) is 3.92. The number of hydrogen-bond acceptors (Lipinski definition) is 4. The number of hydrogen-bond donors (Lipinski definition) is 0. The Hall–Kier alpha value is -0.850. The molecule has 0 saturated carbocycles. The zero-order chi connectivity index (χ0) is 12.6. The molecule has 100 valence electrons. The second kappa shape index (κ2) is 4.68. The minimum atomic E-state index is -3.27. The lowest BCUT2D eigenvalue weighted by molar-refractivity contribution is 0.197. The highest BCUT2D eigenvalue weighted by molar-refractivity contribution is 7.89. The third kappa shape index (κ3) is 1.98.